The van der Waals surface area contributed by atoms with E-state index in [1.54, 1.807) is 0 Å². The van der Waals surface area contributed by atoms with Crippen LogP contribution in [0.2, 0.25) is 0 Å². The molecular weight excluding hydrogens is 243 g/mol. The quantitative estimate of drug-likeness (QED) is 0.553. The van der Waals surface area contributed by atoms with Gasteiger partial charge in [-0.1, -0.05) is 11.8 Å². The van der Waals surface area contributed by atoms with Gasteiger partial charge in [-0.25, -0.2) is 9.97 Å². The largest absolute Gasteiger partial charge is 0.393 e. The van der Waals surface area contributed by atoms with Gasteiger partial charge in [-0.15, -0.1) is 0 Å². The zero-order valence-electron chi connectivity index (χ0n) is 8.08. The van der Waals surface area contributed by atoms with Crippen LogP contribution in [0.25, 0.3) is 0 Å². The molecule has 0 saturated heterocycles. The van der Waals surface area contributed by atoms with Gasteiger partial charge in [-0.3, -0.25) is 0 Å². The second-order valence-electron chi connectivity index (χ2n) is 2.90. The third-order valence-electron chi connectivity index (χ3n) is 1.60. The number of rotatable bonds is 3. The Kier molecular flexibility index (Phi) is 3.68. The van der Waals surface area contributed by atoms with Gasteiger partial charge in [0.05, 0.1) is 6.42 Å². The van der Waals surface area contributed by atoms with Crippen LogP contribution in [0.4, 0.5) is 30.5 Å². The summed E-state index contributed by atoms with van der Waals surface area (Å²) < 4.78 is 35.6. The van der Waals surface area contributed by atoms with Crippen molar-refractivity contribution in [1.29, 1.82) is 0 Å². The van der Waals surface area contributed by atoms with Crippen LogP contribution in [-0.2, 0) is 0 Å². The molecule has 0 aliphatic carbocycles. The predicted octanol–water partition coefficient (Wildman–Crippen LogP) is 1.27. The zero-order chi connectivity index (χ0) is 12.3. The molecule has 5 nitrogen and oxygen atoms in total. The van der Waals surface area contributed by atoms with E-state index in [0.29, 0.717) is 0 Å². The van der Waals surface area contributed by atoms with Crippen LogP contribution in [0.5, 0.6) is 0 Å². The van der Waals surface area contributed by atoms with E-state index in [9.17, 15) is 13.2 Å². The molecule has 0 aromatic carbocycles. The van der Waals surface area contributed by atoms with Gasteiger partial charge in [0.25, 0.3) is 0 Å². The van der Waals surface area contributed by atoms with Crippen molar-refractivity contribution in [3.63, 3.8) is 0 Å². The Hall–Kier alpha value is -1.38. The summed E-state index contributed by atoms with van der Waals surface area (Å²) >= 11 is 0.827. The fourth-order valence-corrected chi connectivity index (χ4v) is 1.65. The van der Waals surface area contributed by atoms with E-state index in [-0.39, 0.29) is 28.2 Å². The van der Waals surface area contributed by atoms with Gasteiger partial charge >= 0.3 is 6.18 Å². The van der Waals surface area contributed by atoms with E-state index in [0.717, 1.165) is 11.8 Å². The summed E-state index contributed by atoms with van der Waals surface area (Å²) in [6, 6.07) is 0. The fraction of sp³-hybridized carbons (Fsp3) is 0.429. The molecular formula is C7H10F3N5S. The Balaban J connectivity index is 2.62. The molecule has 0 spiro atoms. The first-order chi connectivity index (χ1) is 7.29. The van der Waals surface area contributed by atoms with Gasteiger partial charge in [0.2, 0.25) is 0 Å². The maximum Gasteiger partial charge on any atom is 0.389 e. The summed E-state index contributed by atoms with van der Waals surface area (Å²) in [6.07, 6.45) is -5.12. The summed E-state index contributed by atoms with van der Waals surface area (Å²) in [5.74, 6) is -0.240. The van der Waals surface area contributed by atoms with Crippen LogP contribution < -0.4 is 17.2 Å². The molecule has 16 heavy (non-hydrogen) atoms. The molecule has 0 amide bonds. The van der Waals surface area contributed by atoms with Crippen LogP contribution in [0.15, 0.2) is 5.16 Å². The molecule has 6 N–H and O–H groups in total. The number of aromatic nitrogens is 2. The molecule has 0 aliphatic rings. The van der Waals surface area contributed by atoms with Crippen LogP contribution in [0, 0.1) is 0 Å². The van der Waals surface area contributed by atoms with Gasteiger partial charge in [0, 0.05) is 5.75 Å². The van der Waals surface area contributed by atoms with Crippen LogP contribution in [0.3, 0.4) is 0 Å². The Labute approximate surface area is 93.6 Å². The lowest BCUT2D eigenvalue weighted by molar-refractivity contribution is -0.129. The Bertz CT molecular complexity index is 358. The number of alkyl halides is 3. The Morgan fingerprint density at radius 2 is 1.56 bits per heavy atom. The number of thioether (sulfide) groups is 1. The monoisotopic (exact) mass is 253 g/mol. The average molecular weight is 253 g/mol. The molecule has 0 fully saturated rings. The van der Waals surface area contributed by atoms with Crippen molar-refractivity contribution in [3.8, 4) is 0 Å². The normalized spacial score (nSPS) is 11.7. The number of hydrogen-bond donors (Lipinski definition) is 3. The molecule has 9 heteroatoms. The lowest BCUT2D eigenvalue weighted by Crippen LogP contribution is -2.09. The third kappa shape index (κ3) is 3.65. The summed E-state index contributed by atoms with van der Waals surface area (Å²) in [7, 11) is 0. The first kappa shape index (κ1) is 12.7. The van der Waals surface area contributed by atoms with Gasteiger partial charge in [0.1, 0.15) is 5.69 Å². The second kappa shape index (κ2) is 4.64. The van der Waals surface area contributed by atoms with Crippen molar-refractivity contribution < 1.29 is 13.2 Å². The predicted molar refractivity (Wildman–Crippen MR) is 56.7 cm³/mol. The molecule has 0 atom stereocenters. The highest BCUT2D eigenvalue weighted by Crippen LogP contribution is 2.27. The van der Waals surface area contributed by atoms with E-state index in [1.807, 2.05) is 0 Å². The van der Waals surface area contributed by atoms with Gasteiger partial charge in [0.15, 0.2) is 16.8 Å². The minimum absolute atomic E-state index is 0.0259. The molecule has 0 bridgehead atoms. The van der Waals surface area contributed by atoms with Gasteiger partial charge in [-0.2, -0.15) is 13.2 Å². The number of halogens is 3. The zero-order valence-corrected chi connectivity index (χ0v) is 8.90. The highest BCUT2D eigenvalue weighted by molar-refractivity contribution is 7.99. The lowest BCUT2D eigenvalue weighted by atomic mass is 10.4. The number of hydrogen-bond acceptors (Lipinski definition) is 6. The van der Waals surface area contributed by atoms with Crippen LogP contribution in [-0.4, -0.2) is 21.9 Å². The maximum absolute atomic E-state index is 11.9. The highest BCUT2D eigenvalue weighted by Gasteiger charge is 2.26. The van der Waals surface area contributed by atoms with E-state index >= 15 is 0 Å². The SMILES string of the molecule is Nc1nc(SCCC(F)(F)F)nc(N)c1N. The molecule has 1 aromatic heterocycles. The van der Waals surface area contributed by atoms with Crippen molar-refractivity contribution in [2.75, 3.05) is 23.0 Å². The first-order valence-electron chi connectivity index (χ1n) is 4.17. The fourth-order valence-electron chi connectivity index (χ4n) is 0.805. The van der Waals surface area contributed by atoms with Crippen molar-refractivity contribution in [2.24, 2.45) is 0 Å². The summed E-state index contributed by atoms with van der Waals surface area (Å²) in [5.41, 5.74) is 16.2. The summed E-state index contributed by atoms with van der Waals surface area (Å²) in [5, 5.41) is 0.0912. The van der Waals surface area contributed by atoms with Crippen LogP contribution >= 0.6 is 11.8 Å². The van der Waals surface area contributed by atoms with Crippen molar-refractivity contribution in [2.45, 2.75) is 17.8 Å². The number of nitrogen functional groups attached to an aromatic ring is 3. The average Bonchev–Trinajstić information content (AvgIpc) is 2.12. The number of anilines is 3. The van der Waals surface area contributed by atoms with Crippen molar-refractivity contribution in [1.82, 2.24) is 9.97 Å². The second-order valence-corrected chi connectivity index (χ2v) is 3.97. The molecule has 90 valence electrons. The molecule has 0 saturated carbocycles. The Morgan fingerprint density at radius 1 is 1.06 bits per heavy atom. The number of nitrogens with two attached hydrogens (primary N) is 3. The van der Waals surface area contributed by atoms with E-state index in [2.05, 4.69) is 9.97 Å². The highest BCUT2D eigenvalue weighted by atomic mass is 32.2. The number of nitrogens with zero attached hydrogens (tertiary/aromatic N) is 2. The molecule has 0 radical (unpaired) electrons. The smallest absolute Gasteiger partial charge is 0.389 e. The Morgan fingerprint density at radius 3 is 2.00 bits per heavy atom. The summed E-state index contributed by atoms with van der Waals surface area (Å²) in [6.45, 7) is 0. The van der Waals surface area contributed by atoms with E-state index < -0.39 is 12.6 Å². The molecule has 1 rings (SSSR count). The van der Waals surface area contributed by atoms with E-state index in [1.165, 1.54) is 0 Å². The first-order valence-corrected chi connectivity index (χ1v) is 5.16. The minimum Gasteiger partial charge on any atom is -0.393 e. The topological polar surface area (TPSA) is 104 Å². The van der Waals surface area contributed by atoms with Gasteiger partial charge in [-0.05, 0) is 0 Å². The van der Waals surface area contributed by atoms with E-state index in [4.69, 9.17) is 17.2 Å². The van der Waals surface area contributed by atoms with Crippen molar-refractivity contribution in [3.05, 3.63) is 0 Å². The van der Waals surface area contributed by atoms with Gasteiger partial charge < -0.3 is 17.2 Å². The minimum atomic E-state index is -4.20. The van der Waals surface area contributed by atoms with Crippen molar-refractivity contribution >= 4 is 29.1 Å². The molecule has 0 unspecified atom stereocenters. The standard InChI is InChI=1S/C7H10F3N5S/c8-7(9,10)1-2-16-6-14-4(12)3(11)5(13)15-6/h1-2,11H2,(H4,12,13,14,15). The third-order valence-corrected chi connectivity index (χ3v) is 2.45. The molecule has 0 aliphatic heterocycles. The van der Waals surface area contributed by atoms with Crippen LogP contribution in [0.1, 0.15) is 6.42 Å². The molecule has 1 heterocycles. The maximum atomic E-state index is 11.9. The summed E-state index contributed by atoms with van der Waals surface area (Å²) in [4.78, 5) is 7.42. The lowest BCUT2D eigenvalue weighted by Gasteiger charge is -2.07. The molecule has 1 aromatic rings.